The van der Waals surface area contributed by atoms with Gasteiger partial charge in [-0.3, -0.25) is 4.79 Å². The van der Waals surface area contributed by atoms with E-state index in [0.717, 1.165) is 16.9 Å². The molecule has 8 nitrogen and oxygen atoms in total. The number of amides is 1. The number of aryl methyl sites for hydroxylation is 2. The van der Waals surface area contributed by atoms with E-state index in [1.54, 1.807) is 39.8 Å². The third-order valence-corrected chi connectivity index (χ3v) is 5.33. The van der Waals surface area contributed by atoms with Crippen molar-refractivity contribution in [3.63, 3.8) is 0 Å². The second-order valence-corrected chi connectivity index (χ2v) is 7.76. The lowest BCUT2D eigenvalue weighted by atomic mass is 10.1. The van der Waals surface area contributed by atoms with Gasteiger partial charge in [-0.25, -0.2) is 14.6 Å². The number of carbonyl (C=O) groups is 1. The quantitative estimate of drug-likeness (QED) is 0.441. The molecule has 0 aliphatic carbocycles. The Morgan fingerprint density at radius 1 is 1.00 bits per heavy atom. The van der Waals surface area contributed by atoms with Crippen LogP contribution >= 0.6 is 11.6 Å². The van der Waals surface area contributed by atoms with E-state index in [2.05, 4.69) is 25.5 Å². The van der Waals surface area contributed by atoms with Gasteiger partial charge in [-0.05, 0) is 49.7 Å². The molecular formula is C23H18ClN7O. The second kappa shape index (κ2) is 7.90. The number of hydrogen-bond donors (Lipinski definition) is 1. The first-order chi connectivity index (χ1) is 15.5. The van der Waals surface area contributed by atoms with Crippen LogP contribution in [0.4, 0.5) is 5.82 Å². The van der Waals surface area contributed by atoms with Crippen LogP contribution in [0.3, 0.4) is 0 Å². The van der Waals surface area contributed by atoms with Crippen molar-refractivity contribution in [1.29, 1.82) is 0 Å². The number of hydrogen-bond acceptors (Lipinski definition) is 5. The van der Waals surface area contributed by atoms with Crippen molar-refractivity contribution in [3.8, 4) is 11.5 Å². The topological polar surface area (TPSA) is 90.5 Å². The first-order valence-corrected chi connectivity index (χ1v) is 10.3. The highest BCUT2D eigenvalue weighted by Crippen LogP contribution is 2.25. The van der Waals surface area contributed by atoms with E-state index in [-0.39, 0.29) is 5.91 Å². The molecule has 5 aromatic rings. The monoisotopic (exact) mass is 443 g/mol. The van der Waals surface area contributed by atoms with Crippen LogP contribution < -0.4 is 5.32 Å². The number of nitrogens with one attached hydrogen (secondary N) is 1. The molecule has 0 aliphatic rings. The van der Waals surface area contributed by atoms with Crippen LogP contribution in [0.15, 0.2) is 67.1 Å². The Labute approximate surface area is 188 Å². The fourth-order valence-electron chi connectivity index (χ4n) is 3.53. The Morgan fingerprint density at radius 3 is 2.56 bits per heavy atom. The fourth-order valence-corrected chi connectivity index (χ4v) is 3.66. The van der Waals surface area contributed by atoms with Gasteiger partial charge in [0.15, 0.2) is 11.5 Å². The van der Waals surface area contributed by atoms with Gasteiger partial charge in [-0.1, -0.05) is 29.8 Å². The van der Waals surface area contributed by atoms with Gasteiger partial charge in [0.1, 0.15) is 12.1 Å². The number of halogens is 1. The van der Waals surface area contributed by atoms with Crippen LogP contribution in [-0.4, -0.2) is 35.4 Å². The zero-order chi connectivity index (χ0) is 22.2. The van der Waals surface area contributed by atoms with Crippen LogP contribution in [0.2, 0.25) is 5.02 Å². The van der Waals surface area contributed by atoms with Crippen LogP contribution in [0.5, 0.6) is 0 Å². The lowest BCUT2D eigenvalue weighted by Gasteiger charge is -2.10. The molecule has 32 heavy (non-hydrogen) atoms. The minimum absolute atomic E-state index is 0.216. The Kier molecular flexibility index (Phi) is 4.91. The smallest absolute Gasteiger partial charge is 0.257 e. The molecule has 0 saturated heterocycles. The van der Waals surface area contributed by atoms with Crippen LogP contribution in [0.25, 0.3) is 22.5 Å². The molecule has 158 valence electrons. The Balaban J connectivity index is 1.57. The summed E-state index contributed by atoms with van der Waals surface area (Å²) >= 11 is 6.01. The normalized spacial score (nSPS) is 11.1. The molecule has 0 aliphatic heterocycles. The van der Waals surface area contributed by atoms with Crippen LogP contribution in [0, 0.1) is 13.8 Å². The summed E-state index contributed by atoms with van der Waals surface area (Å²) in [6, 6.07) is 16.5. The van der Waals surface area contributed by atoms with Crippen molar-refractivity contribution < 1.29 is 4.79 Å². The minimum Gasteiger partial charge on any atom is -0.306 e. The van der Waals surface area contributed by atoms with E-state index in [1.807, 2.05) is 44.2 Å². The highest BCUT2D eigenvalue weighted by atomic mass is 35.5. The van der Waals surface area contributed by atoms with Gasteiger partial charge in [0.2, 0.25) is 0 Å². The molecule has 0 saturated carbocycles. The summed E-state index contributed by atoms with van der Waals surface area (Å²) in [7, 11) is 0. The van der Waals surface area contributed by atoms with Crippen molar-refractivity contribution in [1.82, 2.24) is 29.5 Å². The molecule has 0 fully saturated rings. The van der Waals surface area contributed by atoms with Gasteiger partial charge in [0, 0.05) is 16.7 Å². The van der Waals surface area contributed by atoms with E-state index in [9.17, 15) is 4.79 Å². The van der Waals surface area contributed by atoms with Crippen LogP contribution in [0.1, 0.15) is 21.6 Å². The maximum Gasteiger partial charge on any atom is 0.257 e. The molecule has 1 N–H and O–H groups in total. The van der Waals surface area contributed by atoms with Gasteiger partial charge in [-0.2, -0.15) is 14.9 Å². The molecular weight excluding hydrogens is 426 g/mol. The number of aromatic nitrogens is 6. The highest BCUT2D eigenvalue weighted by Gasteiger charge is 2.18. The molecule has 0 unspecified atom stereocenters. The van der Waals surface area contributed by atoms with E-state index >= 15 is 0 Å². The Hall–Kier alpha value is -4.04. The second-order valence-electron chi connectivity index (χ2n) is 7.32. The van der Waals surface area contributed by atoms with Crippen molar-refractivity contribution in [3.05, 3.63) is 89.0 Å². The summed E-state index contributed by atoms with van der Waals surface area (Å²) in [5.41, 5.74) is 3.66. The molecule has 3 heterocycles. The number of carbonyl (C=O) groups excluding carboxylic acids is 1. The van der Waals surface area contributed by atoms with E-state index in [4.69, 9.17) is 11.6 Å². The predicted octanol–water partition coefficient (Wildman–Crippen LogP) is 4.52. The van der Waals surface area contributed by atoms with Crippen molar-refractivity contribution in [2.45, 2.75) is 13.8 Å². The van der Waals surface area contributed by atoms with Crippen LogP contribution in [-0.2, 0) is 0 Å². The number of fused-ring (bicyclic) bond motifs is 1. The summed E-state index contributed by atoms with van der Waals surface area (Å²) in [6.45, 7) is 3.76. The number of benzene rings is 2. The van der Waals surface area contributed by atoms with Gasteiger partial charge >= 0.3 is 0 Å². The average Bonchev–Trinajstić information content (AvgIpc) is 3.38. The van der Waals surface area contributed by atoms with Gasteiger partial charge in [0.05, 0.1) is 23.0 Å². The molecule has 1 amide bonds. The molecule has 0 atom stereocenters. The first kappa shape index (κ1) is 19.9. The SMILES string of the molecule is Cc1cc(NC(=O)c2ccccc2C)n(-c2ncnc3c2cnn3-c2ccc(Cl)cc2)n1. The van der Waals surface area contributed by atoms with E-state index in [0.29, 0.717) is 33.3 Å². The largest absolute Gasteiger partial charge is 0.306 e. The fraction of sp³-hybridized carbons (Fsp3) is 0.0870. The van der Waals surface area contributed by atoms with Gasteiger partial charge < -0.3 is 5.32 Å². The Bertz CT molecular complexity index is 1450. The van der Waals surface area contributed by atoms with E-state index < -0.39 is 0 Å². The third-order valence-electron chi connectivity index (χ3n) is 5.08. The molecule has 0 bridgehead atoms. The van der Waals surface area contributed by atoms with Crippen molar-refractivity contribution >= 4 is 34.4 Å². The van der Waals surface area contributed by atoms with Gasteiger partial charge in [0.25, 0.3) is 5.91 Å². The molecule has 9 heteroatoms. The van der Waals surface area contributed by atoms with Crippen molar-refractivity contribution in [2.24, 2.45) is 0 Å². The number of nitrogens with zero attached hydrogens (tertiary/aromatic N) is 6. The first-order valence-electron chi connectivity index (χ1n) is 9.90. The minimum atomic E-state index is -0.216. The maximum atomic E-state index is 12.9. The summed E-state index contributed by atoms with van der Waals surface area (Å²) < 4.78 is 3.31. The molecule has 2 aromatic carbocycles. The average molecular weight is 444 g/mol. The van der Waals surface area contributed by atoms with E-state index in [1.165, 1.54) is 6.33 Å². The molecule has 0 radical (unpaired) electrons. The summed E-state index contributed by atoms with van der Waals surface area (Å²) in [5.74, 6) is 0.810. The lowest BCUT2D eigenvalue weighted by molar-refractivity contribution is 0.102. The van der Waals surface area contributed by atoms with Crippen molar-refractivity contribution in [2.75, 3.05) is 5.32 Å². The maximum absolute atomic E-state index is 12.9. The third kappa shape index (κ3) is 3.50. The summed E-state index contributed by atoms with van der Waals surface area (Å²) in [5, 5.41) is 13.3. The summed E-state index contributed by atoms with van der Waals surface area (Å²) in [4.78, 5) is 21.7. The zero-order valence-corrected chi connectivity index (χ0v) is 18.1. The Morgan fingerprint density at radius 2 is 1.78 bits per heavy atom. The molecule has 3 aromatic heterocycles. The summed E-state index contributed by atoms with van der Waals surface area (Å²) in [6.07, 6.45) is 3.14. The lowest BCUT2D eigenvalue weighted by Crippen LogP contribution is -2.16. The molecule has 5 rings (SSSR count). The number of anilines is 1. The zero-order valence-electron chi connectivity index (χ0n) is 17.3. The van der Waals surface area contributed by atoms with Gasteiger partial charge in [-0.15, -0.1) is 0 Å². The number of rotatable bonds is 4. The predicted molar refractivity (Wildman–Crippen MR) is 123 cm³/mol. The standard InChI is InChI=1S/C23H18ClN7O/c1-14-5-3-4-6-18(14)23(32)28-20-11-15(2)29-31(20)22-19-12-27-30(21(19)25-13-26-22)17-9-7-16(24)8-10-17/h3-13H,1-2H3,(H,28,32). The highest BCUT2D eigenvalue weighted by molar-refractivity contribution is 6.30. The molecule has 0 spiro atoms.